The molecule has 0 aliphatic carbocycles. The number of aromatic amines is 1. The van der Waals surface area contributed by atoms with Crippen molar-refractivity contribution in [2.24, 2.45) is 0 Å². The van der Waals surface area contributed by atoms with E-state index in [1.807, 2.05) is 37.4 Å². The van der Waals surface area contributed by atoms with Crippen molar-refractivity contribution < 1.29 is 4.74 Å². The largest absolute Gasteiger partial charge is 0.375 e. The maximum absolute atomic E-state index is 12.2. The van der Waals surface area contributed by atoms with Crippen LogP contribution >= 0.6 is 11.3 Å². The van der Waals surface area contributed by atoms with Crippen molar-refractivity contribution in [3.05, 3.63) is 56.0 Å². The van der Waals surface area contributed by atoms with Crippen molar-refractivity contribution in [1.82, 2.24) is 15.0 Å². The van der Waals surface area contributed by atoms with Gasteiger partial charge in [-0.1, -0.05) is 11.6 Å². The maximum atomic E-state index is 12.2. The molecule has 1 atom stereocenters. The van der Waals surface area contributed by atoms with Crippen LogP contribution in [0.2, 0.25) is 0 Å². The molecule has 0 amide bonds. The van der Waals surface area contributed by atoms with Gasteiger partial charge in [0.1, 0.15) is 16.9 Å². The molecule has 3 rings (SSSR count). The number of H-pyrrole nitrogens is 1. The van der Waals surface area contributed by atoms with Gasteiger partial charge in [0.2, 0.25) is 0 Å². The summed E-state index contributed by atoms with van der Waals surface area (Å²) in [5.74, 6) is 0.628. The first kappa shape index (κ1) is 14.9. The summed E-state index contributed by atoms with van der Waals surface area (Å²) < 4.78 is 5.26. The molecule has 0 spiro atoms. The highest BCUT2D eigenvalue weighted by Gasteiger charge is 2.11. The molecule has 5 nitrogen and oxygen atoms in total. The van der Waals surface area contributed by atoms with Crippen LogP contribution in [0.15, 0.2) is 28.4 Å². The number of nitrogens with one attached hydrogen (secondary N) is 1. The van der Waals surface area contributed by atoms with Crippen molar-refractivity contribution in [3.8, 4) is 0 Å². The molecular formula is C16H17N3O2S. The highest BCUT2D eigenvalue weighted by Crippen LogP contribution is 2.21. The van der Waals surface area contributed by atoms with Gasteiger partial charge in [0.05, 0.1) is 16.6 Å². The van der Waals surface area contributed by atoms with Crippen LogP contribution in [0.4, 0.5) is 0 Å². The highest BCUT2D eigenvalue weighted by atomic mass is 32.1. The molecule has 0 saturated heterocycles. The topological polar surface area (TPSA) is 67.9 Å². The molecule has 2 aromatic heterocycles. The molecule has 6 heteroatoms. The average molecular weight is 315 g/mol. The van der Waals surface area contributed by atoms with E-state index in [2.05, 4.69) is 15.0 Å². The normalized spacial score (nSPS) is 12.7. The Balaban J connectivity index is 1.92. The maximum Gasteiger partial charge on any atom is 0.258 e. The van der Waals surface area contributed by atoms with Gasteiger partial charge in [0.15, 0.2) is 0 Å². The lowest BCUT2D eigenvalue weighted by Gasteiger charge is -2.04. The predicted octanol–water partition coefficient (Wildman–Crippen LogP) is 2.99. The number of rotatable bonds is 4. The zero-order valence-electron chi connectivity index (χ0n) is 12.7. The van der Waals surface area contributed by atoms with Crippen LogP contribution in [0, 0.1) is 6.92 Å². The molecule has 0 bridgehead atoms. The molecule has 0 aliphatic heterocycles. The van der Waals surface area contributed by atoms with E-state index in [-0.39, 0.29) is 11.7 Å². The van der Waals surface area contributed by atoms with Gasteiger partial charge in [-0.15, -0.1) is 11.3 Å². The fourth-order valence-corrected chi connectivity index (χ4v) is 3.10. The van der Waals surface area contributed by atoms with Crippen LogP contribution in [0.1, 0.15) is 35.1 Å². The summed E-state index contributed by atoms with van der Waals surface area (Å²) in [5, 5.41) is 3.52. The minimum atomic E-state index is -0.107. The average Bonchev–Trinajstić information content (AvgIpc) is 2.96. The summed E-state index contributed by atoms with van der Waals surface area (Å²) in [6, 6.07) is 5.69. The number of nitrogens with zero attached hydrogens (tertiary/aromatic N) is 2. The lowest BCUT2D eigenvalue weighted by Crippen LogP contribution is -2.12. The lowest BCUT2D eigenvalue weighted by molar-refractivity contribution is 0.119. The fraction of sp³-hybridized carbons (Fsp3) is 0.312. The van der Waals surface area contributed by atoms with Crippen molar-refractivity contribution in [3.63, 3.8) is 0 Å². The second kappa shape index (κ2) is 5.98. The van der Waals surface area contributed by atoms with E-state index in [1.165, 1.54) is 0 Å². The Kier molecular flexibility index (Phi) is 4.04. The Labute approximate surface area is 132 Å². The van der Waals surface area contributed by atoms with Gasteiger partial charge in [0.25, 0.3) is 5.56 Å². The second-order valence-electron chi connectivity index (χ2n) is 5.27. The van der Waals surface area contributed by atoms with E-state index >= 15 is 0 Å². The summed E-state index contributed by atoms with van der Waals surface area (Å²) in [6.07, 6.45) is 0.483. The molecular weight excluding hydrogens is 298 g/mol. The first-order valence-electron chi connectivity index (χ1n) is 7.03. The van der Waals surface area contributed by atoms with E-state index < -0.39 is 0 Å². The van der Waals surface area contributed by atoms with E-state index in [4.69, 9.17) is 4.74 Å². The molecule has 0 aliphatic rings. The number of benzene rings is 1. The summed E-state index contributed by atoms with van der Waals surface area (Å²) in [4.78, 5) is 24.1. The van der Waals surface area contributed by atoms with Gasteiger partial charge in [-0.05, 0) is 26.0 Å². The van der Waals surface area contributed by atoms with E-state index in [0.29, 0.717) is 23.1 Å². The van der Waals surface area contributed by atoms with Gasteiger partial charge in [-0.3, -0.25) is 4.79 Å². The van der Waals surface area contributed by atoms with Crippen molar-refractivity contribution in [1.29, 1.82) is 0 Å². The van der Waals surface area contributed by atoms with Gasteiger partial charge >= 0.3 is 0 Å². The van der Waals surface area contributed by atoms with Crippen molar-refractivity contribution in [2.75, 3.05) is 7.11 Å². The van der Waals surface area contributed by atoms with Crippen LogP contribution in [0.3, 0.4) is 0 Å². The minimum Gasteiger partial charge on any atom is -0.375 e. The third-order valence-electron chi connectivity index (χ3n) is 3.53. The number of aryl methyl sites for hydroxylation is 1. The second-order valence-corrected chi connectivity index (χ2v) is 6.15. The van der Waals surface area contributed by atoms with Gasteiger partial charge in [-0.25, -0.2) is 9.97 Å². The van der Waals surface area contributed by atoms with E-state index in [9.17, 15) is 4.79 Å². The summed E-state index contributed by atoms with van der Waals surface area (Å²) in [5.41, 5.74) is 2.54. The smallest absolute Gasteiger partial charge is 0.258 e. The van der Waals surface area contributed by atoms with Crippen LogP contribution in [0.5, 0.6) is 0 Å². The SMILES string of the molecule is CO[C@H](C)c1nc(Cc2nc3ccc(C)cc3c(=O)[nH]2)cs1. The summed E-state index contributed by atoms with van der Waals surface area (Å²) in [6.45, 7) is 3.92. The Hall–Kier alpha value is -2.05. The lowest BCUT2D eigenvalue weighted by atomic mass is 10.1. The van der Waals surface area contributed by atoms with Gasteiger partial charge in [-0.2, -0.15) is 0 Å². The monoisotopic (exact) mass is 315 g/mol. The fourth-order valence-electron chi connectivity index (χ4n) is 2.25. The number of fused-ring (bicyclic) bond motifs is 1. The molecule has 0 unspecified atom stereocenters. The van der Waals surface area contributed by atoms with Crippen LogP contribution in [0.25, 0.3) is 10.9 Å². The number of ether oxygens (including phenoxy) is 1. The molecule has 0 saturated carbocycles. The molecule has 3 aromatic rings. The first-order chi connectivity index (χ1) is 10.6. The molecule has 22 heavy (non-hydrogen) atoms. The molecule has 1 aromatic carbocycles. The molecule has 1 N–H and O–H groups in total. The Morgan fingerprint density at radius 1 is 1.36 bits per heavy atom. The quantitative estimate of drug-likeness (QED) is 0.803. The number of thiazole rings is 1. The summed E-state index contributed by atoms with van der Waals surface area (Å²) in [7, 11) is 1.66. The highest BCUT2D eigenvalue weighted by molar-refractivity contribution is 7.09. The molecule has 114 valence electrons. The summed E-state index contributed by atoms with van der Waals surface area (Å²) >= 11 is 1.56. The minimum absolute atomic E-state index is 0.0228. The van der Waals surface area contributed by atoms with E-state index in [1.54, 1.807) is 18.4 Å². The van der Waals surface area contributed by atoms with Gasteiger partial charge in [0, 0.05) is 18.9 Å². The van der Waals surface area contributed by atoms with Crippen molar-refractivity contribution in [2.45, 2.75) is 26.4 Å². The number of hydrogen-bond donors (Lipinski definition) is 1. The third kappa shape index (κ3) is 2.93. The number of methoxy groups -OCH3 is 1. The zero-order valence-corrected chi connectivity index (χ0v) is 13.5. The van der Waals surface area contributed by atoms with Crippen LogP contribution < -0.4 is 5.56 Å². The Morgan fingerprint density at radius 3 is 2.95 bits per heavy atom. The van der Waals surface area contributed by atoms with Crippen LogP contribution in [-0.4, -0.2) is 22.1 Å². The molecule has 0 radical (unpaired) electrons. The Bertz CT molecular complexity index is 869. The first-order valence-corrected chi connectivity index (χ1v) is 7.91. The predicted molar refractivity (Wildman–Crippen MR) is 87.4 cm³/mol. The van der Waals surface area contributed by atoms with Gasteiger partial charge < -0.3 is 9.72 Å². The zero-order chi connectivity index (χ0) is 15.7. The third-order valence-corrected chi connectivity index (χ3v) is 4.58. The Morgan fingerprint density at radius 2 is 2.18 bits per heavy atom. The number of hydrogen-bond acceptors (Lipinski definition) is 5. The van der Waals surface area contributed by atoms with E-state index in [0.717, 1.165) is 16.3 Å². The van der Waals surface area contributed by atoms with Crippen molar-refractivity contribution >= 4 is 22.2 Å². The standard InChI is InChI=1S/C16H17N3O2S/c1-9-4-5-13-12(6-9)15(20)19-14(18-13)7-11-8-22-16(17-11)10(2)21-3/h4-6,8,10H,7H2,1-3H3,(H,18,19,20)/t10-/m1/s1. The van der Waals surface area contributed by atoms with Crippen LogP contribution in [-0.2, 0) is 11.2 Å². The molecule has 2 heterocycles. The number of aromatic nitrogens is 3. The molecule has 0 fully saturated rings.